The third-order valence-corrected chi connectivity index (χ3v) is 3.58. The Kier molecular flexibility index (Phi) is 4.91. The SMILES string of the molecule is NCC(CN)c1ccc(I)cc1I. The molecule has 0 amide bonds. The fourth-order valence-electron chi connectivity index (χ4n) is 1.18. The van der Waals surface area contributed by atoms with Crippen LogP contribution in [0.3, 0.4) is 0 Å². The van der Waals surface area contributed by atoms with Crippen molar-refractivity contribution >= 4 is 45.2 Å². The molecule has 1 aromatic rings. The molecule has 0 aliphatic heterocycles. The molecule has 4 N–H and O–H groups in total. The van der Waals surface area contributed by atoms with Crippen LogP contribution in [0.5, 0.6) is 0 Å². The lowest BCUT2D eigenvalue weighted by molar-refractivity contribution is 0.705. The molecule has 2 nitrogen and oxygen atoms in total. The molecule has 0 aromatic heterocycles. The molecule has 72 valence electrons. The van der Waals surface area contributed by atoms with Crippen molar-refractivity contribution in [2.45, 2.75) is 5.92 Å². The number of benzene rings is 1. The summed E-state index contributed by atoms with van der Waals surface area (Å²) in [5, 5.41) is 0. The van der Waals surface area contributed by atoms with Crippen LogP contribution in [-0.2, 0) is 0 Å². The number of nitrogens with two attached hydrogens (primary N) is 2. The first-order chi connectivity index (χ1) is 6.19. The second kappa shape index (κ2) is 5.47. The molecule has 13 heavy (non-hydrogen) atoms. The maximum atomic E-state index is 5.64. The van der Waals surface area contributed by atoms with E-state index in [2.05, 4.69) is 63.4 Å². The van der Waals surface area contributed by atoms with Crippen molar-refractivity contribution in [3.8, 4) is 0 Å². The lowest BCUT2D eigenvalue weighted by Gasteiger charge is -2.14. The molecule has 0 radical (unpaired) electrons. The molecule has 1 rings (SSSR count). The molecular formula is C9H12I2N2. The van der Waals surface area contributed by atoms with Gasteiger partial charge >= 0.3 is 0 Å². The van der Waals surface area contributed by atoms with Gasteiger partial charge in [0.2, 0.25) is 0 Å². The molecular weight excluding hydrogens is 390 g/mol. The topological polar surface area (TPSA) is 52.0 Å². The molecule has 0 aliphatic rings. The summed E-state index contributed by atoms with van der Waals surface area (Å²) >= 11 is 4.63. The zero-order valence-corrected chi connectivity index (χ0v) is 11.4. The van der Waals surface area contributed by atoms with Crippen LogP contribution in [0.25, 0.3) is 0 Å². The summed E-state index contributed by atoms with van der Waals surface area (Å²) in [6.45, 7) is 1.24. The van der Waals surface area contributed by atoms with E-state index in [0.29, 0.717) is 19.0 Å². The van der Waals surface area contributed by atoms with Crippen LogP contribution in [0.15, 0.2) is 18.2 Å². The maximum absolute atomic E-state index is 5.64. The van der Waals surface area contributed by atoms with Gasteiger partial charge in [0, 0.05) is 26.1 Å². The molecule has 0 aliphatic carbocycles. The fourth-order valence-corrected chi connectivity index (χ4v) is 3.23. The summed E-state index contributed by atoms with van der Waals surface area (Å²) in [4.78, 5) is 0. The van der Waals surface area contributed by atoms with E-state index in [4.69, 9.17) is 11.5 Å². The molecule has 0 fully saturated rings. The van der Waals surface area contributed by atoms with E-state index in [-0.39, 0.29) is 0 Å². The van der Waals surface area contributed by atoms with Gasteiger partial charge in [-0.05, 0) is 62.9 Å². The molecule has 0 spiro atoms. The zero-order chi connectivity index (χ0) is 9.84. The van der Waals surface area contributed by atoms with Crippen molar-refractivity contribution in [2.75, 3.05) is 13.1 Å². The third-order valence-electron chi connectivity index (χ3n) is 1.97. The molecule has 0 unspecified atom stereocenters. The standard InChI is InChI=1S/C9H12I2N2/c10-7-1-2-8(9(11)3-7)6(4-12)5-13/h1-3,6H,4-5,12-13H2. The third kappa shape index (κ3) is 3.03. The van der Waals surface area contributed by atoms with Crippen molar-refractivity contribution in [3.63, 3.8) is 0 Å². The number of rotatable bonds is 3. The second-order valence-electron chi connectivity index (χ2n) is 2.83. The first-order valence-electron chi connectivity index (χ1n) is 4.04. The average molecular weight is 402 g/mol. The monoisotopic (exact) mass is 402 g/mol. The molecule has 4 heteroatoms. The highest BCUT2D eigenvalue weighted by atomic mass is 127. The van der Waals surface area contributed by atoms with Crippen LogP contribution < -0.4 is 11.5 Å². The molecule has 1 aromatic carbocycles. The Morgan fingerprint density at radius 1 is 1.15 bits per heavy atom. The van der Waals surface area contributed by atoms with Crippen LogP contribution in [0.2, 0.25) is 0 Å². The summed E-state index contributed by atoms with van der Waals surface area (Å²) in [6, 6.07) is 6.36. The van der Waals surface area contributed by atoms with Crippen LogP contribution in [0.4, 0.5) is 0 Å². The maximum Gasteiger partial charge on any atom is 0.0176 e. The van der Waals surface area contributed by atoms with Crippen LogP contribution in [0.1, 0.15) is 11.5 Å². The van der Waals surface area contributed by atoms with Gasteiger partial charge < -0.3 is 11.5 Å². The molecule has 0 atom stereocenters. The minimum atomic E-state index is 0.295. The number of hydrogen-bond donors (Lipinski definition) is 2. The first-order valence-corrected chi connectivity index (χ1v) is 6.20. The van der Waals surface area contributed by atoms with Crippen molar-refractivity contribution in [3.05, 3.63) is 30.9 Å². The largest absolute Gasteiger partial charge is 0.330 e. The van der Waals surface area contributed by atoms with Gasteiger partial charge in [0.05, 0.1) is 0 Å². The van der Waals surface area contributed by atoms with Crippen molar-refractivity contribution in [1.82, 2.24) is 0 Å². The minimum Gasteiger partial charge on any atom is -0.330 e. The number of hydrogen-bond acceptors (Lipinski definition) is 2. The summed E-state index contributed by atoms with van der Waals surface area (Å²) in [7, 11) is 0. The lowest BCUT2D eigenvalue weighted by Crippen LogP contribution is -2.22. The first kappa shape index (κ1) is 11.7. The highest BCUT2D eigenvalue weighted by Gasteiger charge is 2.10. The zero-order valence-electron chi connectivity index (χ0n) is 7.13. The normalized spacial score (nSPS) is 10.8. The van der Waals surface area contributed by atoms with Crippen LogP contribution in [0, 0.1) is 7.14 Å². The molecule has 0 saturated heterocycles. The predicted octanol–water partition coefficient (Wildman–Crippen LogP) is 1.90. The summed E-state index contributed by atoms with van der Waals surface area (Å²) < 4.78 is 2.50. The van der Waals surface area contributed by atoms with Gasteiger partial charge in [-0.1, -0.05) is 6.07 Å². The van der Waals surface area contributed by atoms with E-state index in [1.165, 1.54) is 12.7 Å². The van der Waals surface area contributed by atoms with E-state index in [9.17, 15) is 0 Å². The lowest BCUT2D eigenvalue weighted by atomic mass is 10.00. The summed E-state index contributed by atoms with van der Waals surface area (Å²) in [5.74, 6) is 0.295. The fraction of sp³-hybridized carbons (Fsp3) is 0.333. The molecule has 0 heterocycles. The van der Waals surface area contributed by atoms with Gasteiger partial charge in [0.25, 0.3) is 0 Å². The van der Waals surface area contributed by atoms with Gasteiger partial charge in [0.1, 0.15) is 0 Å². The van der Waals surface area contributed by atoms with Crippen LogP contribution in [-0.4, -0.2) is 13.1 Å². The Morgan fingerprint density at radius 2 is 1.77 bits per heavy atom. The van der Waals surface area contributed by atoms with Gasteiger partial charge in [-0.25, -0.2) is 0 Å². The van der Waals surface area contributed by atoms with Gasteiger partial charge in [-0.2, -0.15) is 0 Å². The Balaban J connectivity index is 2.99. The second-order valence-corrected chi connectivity index (χ2v) is 5.24. The van der Waals surface area contributed by atoms with Gasteiger partial charge in [-0.3, -0.25) is 0 Å². The quantitative estimate of drug-likeness (QED) is 0.760. The predicted molar refractivity (Wildman–Crippen MR) is 72.7 cm³/mol. The van der Waals surface area contributed by atoms with Gasteiger partial charge in [-0.15, -0.1) is 0 Å². The Labute approximate surface area is 106 Å². The van der Waals surface area contributed by atoms with Crippen molar-refractivity contribution in [1.29, 1.82) is 0 Å². The van der Waals surface area contributed by atoms with Crippen molar-refractivity contribution < 1.29 is 0 Å². The van der Waals surface area contributed by atoms with E-state index >= 15 is 0 Å². The smallest absolute Gasteiger partial charge is 0.0176 e. The van der Waals surface area contributed by atoms with Gasteiger partial charge in [0.15, 0.2) is 0 Å². The summed E-state index contributed by atoms with van der Waals surface area (Å²) in [5.41, 5.74) is 12.5. The van der Waals surface area contributed by atoms with E-state index in [1.54, 1.807) is 0 Å². The Bertz CT molecular complexity index is 285. The van der Waals surface area contributed by atoms with E-state index < -0.39 is 0 Å². The van der Waals surface area contributed by atoms with Crippen molar-refractivity contribution in [2.24, 2.45) is 11.5 Å². The molecule has 0 saturated carbocycles. The van der Waals surface area contributed by atoms with E-state index in [0.717, 1.165) is 0 Å². The highest BCUT2D eigenvalue weighted by Crippen LogP contribution is 2.22. The number of halogens is 2. The summed E-state index contributed by atoms with van der Waals surface area (Å²) in [6.07, 6.45) is 0. The molecule has 0 bridgehead atoms. The van der Waals surface area contributed by atoms with Crippen LogP contribution >= 0.6 is 45.2 Å². The average Bonchev–Trinajstić information content (AvgIpc) is 2.10. The Hall–Kier alpha value is 0.600. The highest BCUT2D eigenvalue weighted by molar-refractivity contribution is 14.1. The van der Waals surface area contributed by atoms with E-state index in [1.807, 2.05) is 0 Å². The minimum absolute atomic E-state index is 0.295. The Morgan fingerprint density at radius 3 is 2.23 bits per heavy atom.